The summed E-state index contributed by atoms with van der Waals surface area (Å²) in [6.07, 6.45) is -3.69. The van der Waals surface area contributed by atoms with E-state index in [0.29, 0.717) is 30.0 Å². The lowest BCUT2D eigenvalue weighted by molar-refractivity contribution is -0.385. The lowest BCUT2D eigenvalue weighted by Gasteiger charge is -2.25. The van der Waals surface area contributed by atoms with Crippen molar-refractivity contribution >= 4 is 34.2 Å². The van der Waals surface area contributed by atoms with Crippen LogP contribution in [0.5, 0.6) is 0 Å². The van der Waals surface area contributed by atoms with Gasteiger partial charge in [-0.2, -0.15) is 13.2 Å². The monoisotopic (exact) mass is 532 g/mol. The van der Waals surface area contributed by atoms with Gasteiger partial charge in [-0.1, -0.05) is 6.08 Å². The van der Waals surface area contributed by atoms with Gasteiger partial charge in [0.1, 0.15) is 17.3 Å². The average Bonchev–Trinajstić information content (AvgIpc) is 2.85. The number of anilines is 1. The molecule has 4 rings (SSSR count). The van der Waals surface area contributed by atoms with E-state index < -0.39 is 40.0 Å². The minimum Gasteiger partial charge on any atom is -0.465 e. The summed E-state index contributed by atoms with van der Waals surface area (Å²) in [6, 6.07) is 3.02. The van der Waals surface area contributed by atoms with Crippen LogP contribution in [0.1, 0.15) is 41.9 Å². The van der Waals surface area contributed by atoms with E-state index in [9.17, 15) is 38.0 Å². The van der Waals surface area contributed by atoms with Crippen molar-refractivity contribution in [3.8, 4) is 0 Å². The van der Waals surface area contributed by atoms with E-state index in [1.165, 1.54) is 29.5 Å². The smallest absolute Gasteiger partial charge is 0.416 e. The Morgan fingerprint density at radius 3 is 2.58 bits per heavy atom. The Morgan fingerprint density at radius 1 is 1.24 bits per heavy atom. The van der Waals surface area contributed by atoms with Gasteiger partial charge in [0.15, 0.2) is 0 Å². The number of non-ortho nitro benzene ring substituents is 1. The summed E-state index contributed by atoms with van der Waals surface area (Å²) in [7, 11) is 1.50. The maximum Gasteiger partial charge on any atom is 0.416 e. The number of hydrogen-bond acceptors (Lipinski definition) is 7. The third-order valence-corrected chi connectivity index (χ3v) is 6.28. The normalized spacial score (nSPS) is 14.8. The quantitative estimate of drug-likeness (QED) is 0.361. The highest BCUT2D eigenvalue weighted by Gasteiger charge is 2.33. The lowest BCUT2D eigenvalue weighted by atomic mass is 10.0. The number of fused-ring (bicyclic) bond motifs is 1. The zero-order valence-electron chi connectivity index (χ0n) is 20.5. The van der Waals surface area contributed by atoms with Crippen LogP contribution in [-0.4, -0.2) is 48.6 Å². The summed E-state index contributed by atoms with van der Waals surface area (Å²) in [6.45, 7) is 3.41. The van der Waals surface area contributed by atoms with Crippen LogP contribution in [0.4, 0.5) is 29.5 Å². The summed E-state index contributed by atoms with van der Waals surface area (Å²) in [5.41, 5.74) is -1.25. The Balaban J connectivity index is 1.82. The Morgan fingerprint density at radius 2 is 1.95 bits per heavy atom. The highest BCUT2D eigenvalue weighted by Crippen LogP contribution is 2.35. The summed E-state index contributed by atoms with van der Waals surface area (Å²) in [5.74, 6) is 0.474. The number of rotatable bonds is 5. The van der Waals surface area contributed by atoms with E-state index >= 15 is 0 Å². The molecule has 2 aromatic heterocycles. The van der Waals surface area contributed by atoms with E-state index in [1.807, 2.05) is 0 Å². The van der Waals surface area contributed by atoms with Crippen molar-refractivity contribution in [2.75, 3.05) is 18.4 Å². The first kappa shape index (κ1) is 26.6. The fraction of sp³-hybridized carbons (Fsp3) is 0.333. The number of alkyl halides is 3. The molecule has 0 aliphatic carbocycles. The van der Waals surface area contributed by atoms with Gasteiger partial charge in [-0.25, -0.2) is 14.8 Å². The van der Waals surface area contributed by atoms with Gasteiger partial charge in [-0.05, 0) is 43.5 Å². The van der Waals surface area contributed by atoms with E-state index in [-0.39, 0.29) is 35.0 Å². The van der Waals surface area contributed by atoms with Crippen LogP contribution in [0.2, 0.25) is 0 Å². The minimum absolute atomic E-state index is 0.00747. The van der Waals surface area contributed by atoms with E-state index in [4.69, 9.17) is 0 Å². The molecule has 1 aromatic carbocycles. The van der Waals surface area contributed by atoms with Gasteiger partial charge < -0.3 is 15.3 Å². The maximum atomic E-state index is 13.4. The second-order valence-electron chi connectivity index (χ2n) is 8.94. The number of nitro benzene ring substituents is 1. The average molecular weight is 532 g/mol. The van der Waals surface area contributed by atoms with E-state index in [2.05, 4.69) is 15.3 Å². The molecule has 3 aromatic rings. The predicted octanol–water partition coefficient (Wildman–Crippen LogP) is 4.50. The third kappa shape index (κ3) is 5.14. The molecule has 0 radical (unpaired) electrons. The number of halogens is 3. The summed E-state index contributed by atoms with van der Waals surface area (Å²) < 4.78 is 41.5. The first-order valence-corrected chi connectivity index (χ1v) is 11.4. The molecule has 1 aliphatic heterocycles. The number of carbonyl (C=O) groups is 1. The van der Waals surface area contributed by atoms with Gasteiger partial charge in [0.05, 0.1) is 21.9 Å². The van der Waals surface area contributed by atoms with Crippen molar-refractivity contribution in [1.29, 1.82) is 0 Å². The molecule has 3 heterocycles. The molecule has 14 heteroatoms. The molecular formula is C24H23F3N6O5. The molecule has 0 bridgehead atoms. The van der Waals surface area contributed by atoms with Gasteiger partial charge in [-0.15, -0.1) is 0 Å². The molecule has 1 unspecified atom stereocenters. The number of nitrogens with one attached hydrogen (secondary N) is 1. The summed E-state index contributed by atoms with van der Waals surface area (Å²) in [5, 5.41) is 24.0. The standard InChI is InChI=1S/C24H23F3N6O5/c1-12(15-7-16(24(25,26)27)9-17(8-15)33(37)38)28-20-19-10-18(14-5-4-6-32(11-14)23(35)36)22(34)31(3)21(19)30-13(2)29-20/h5,7-10,12H,4,6,11H2,1-3H3,(H,35,36)(H,28,29,30). The summed E-state index contributed by atoms with van der Waals surface area (Å²) >= 11 is 0. The van der Waals surface area contributed by atoms with Crippen LogP contribution < -0.4 is 10.9 Å². The molecule has 38 heavy (non-hydrogen) atoms. The molecule has 0 saturated carbocycles. The van der Waals surface area contributed by atoms with Crippen LogP contribution in [-0.2, 0) is 13.2 Å². The fourth-order valence-corrected chi connectivity index (χ4v) is 4.32. The molecule has 2 N–H and O–H groups in total. The molecule has 1 amide bonds. The maximum absolute atomic E-state index is 13.4. The number of nitro groups is 1. The predicted molar refractivity (Wildman–Crippen MR) is 132 cm³/mol. The van der Waals surface area contributed by atoms with Gasteiger partial charge in [-0.3, -0.25) is 19.5 Å². The van der Waals surface area contributed by atoms with Gasteiger partial charge in [0.2, 0.25) is 0 Å². The van der Waals surface area contributed by atoms with Crippen molar-refractivity contribution in [3.05, 3.63) is 73.3 Å². The van der Waals surface area contributed by atoms with Crippen LogP contribution in [0.25, 0.3) is 16.6 Å². The van der Waals surface area contributed by atoms with Crippen molar-refractivity contribution in [1.82, 2.24) is 19.4 Å². The third-order valence-electron chi connectivity index (χ3n) is 6.28. The highest BCUT2D eigenvalue weighted by atomic mass is 19.4. The molecule has 0 saturated heterocycles. The Bertz CT molecular complexity index is 1550. The van der Waals surface area contributed by atoms with Crippen LogP contribution in [0.15, 0.2) is 35.1 Å². The Hall–Kier alpha value is -4.49. The SMILES string of the molecule is Cc1nc(NC(C)c2cc([N+](=O)[O-])cc(C(F)(F)F)c2)c2cc(C3=CCCN(C(=O)O)C3)c(=O)n(C)c2n1. The van der Waals surface area contributed by atoms with E-state index in [0.717, 1.165) is 12.1 Å². The Labute approximate surface area is 213 Å². The number of aryl methyl sites for hydroxylation is 2. The molecule has 0 spiro atoms. The van der Waals surface area contributed by atoms with Gasteiger partial charge in [0.25, 0.3) is 11.2 Å². The van der Waals surface area contributed by atoms with Crippen LogP contribution in [0, 0.1) is 17.0 Å². The molecule has 1 aliphatic rings. The topological polar surface area (TPSA) is 143 Å². The van der Waals surface area contributed by atoms with Crippen molar-refractivity contribution in [3.63, 3.8) is 0 Å². The number of hydrogen-bond donors (Lipinski definition) is 2. The second-order valence-corrected chi connectivity index (χ2v) is 8.94. The first-order valence-electron chi connectivity index (χ1n) is 11.4. The minimum atomic E-state index is -4.79. The van der Waals surface area contributed by atoms with Gasteiger partial charge in [0, 0.05) is 37.8 Å². The van der Waals surface area contributed by atoms with E-state index in [1.54, 1.807) is 13.0 Å². The second kappa shape index (κ2) is 9.76. The summed E-state index contributed by atoms with van der Waals surface area (Å²) in [4.78, 5) is 44.9. The number of benzene rings is 1. The molecule has 11 nitrogen and oxygen atoms in total. The zero-order valence-corrected chi connectivity index (χ0v) is 20.5. The molecule has 1 atom stereocenters. The lowest BCUT2D eigenvalue weighted by Crippen LogP contribution is -2.35. The first-order chi connectivity index (χ1) is 17.8. The van der Waals surface area contributed by atoms with Crippen molar-refractivity contribution in [2.24, 2.45) is 7.05 Å². The fourth-order valence-electron chi connectivity index (χ4n) is 4.32. The number of pyridine rings is 1. The molecular weight excluding hydrogens is 509 g/mol. The molecule has 0 fully saturated rings. The number of nitrogens with zero attached hydrogens (tertiary/aromatic N) is 5. The van der Waals surface area contributed by atoms with Crippen LogP contribution in [0.3, 0.4) is 0 Å². The van der Waals surface area contributed by atoms with Crippen LogP contribution >= 0.6 is 0 Å². The Kier molecular flexibility index (Phi) is 6.82. The number of carboxylic acid groups (broad SMARTS) is 1. The largest absolute Gasteiger partial charge is 0.465 e. The highest BCUT2D eigenvalue weighted by molar-refractivity contribution is 5.90. The zero-order chi connectivity index (χ0) is 27.9. The van der Waals surface area contributed by atoms with Crippen molar-refractivity contribution in [2.45, 2.75) is 32.5 Å². The molecule has 200 valence electrons. The number of amides is 1. The van der Waals surface area contributed by atoms with Crippen molar-refractivity contribution < 1.29 is 28.0 Å². The number of aromatic nitrogens is 3. The van der Waals surface area contributed by atoms with Gasteiger partial charge >= 0.3 is 12.3 Å².